The molecule has 3 rings (SSSR count). The third-order valence-electron chi connectivity index (χ3n) is 4.73. The second-order valence-electron chi connectivity index (χ2n) is 5.89. The fourth-order valence-corrected chi connectivity index (χ4v) is 3.72. The first-order chi connectivity index (χ1) is 10.2. The average molecular weight is 308 g/mol. The minimum absolute atomic E-state index is 0.104. The van der Waals surface area contributed by atoms with Crippen LogP contribution in [0.2, 0.25) is 5.02 Å². The molecule has 0 bridgehead atoms. The highest BCUT2D eigenvalue weighted by atomic mass is 35.5. The Morgan fingerprint density at radius 1 is 1.24 bits per heavy atom. The molecule has 5 heteroatoms. The first-order valence-corrected chi connectivity index (χ1v) is 8.07. The maximum absolute atomic E-state index is 11.7. The van der Waals surface area contributed by atoms with E-state index in [-0.39, 0.29) is 6.03 Å². The lowest BCUT2D eigenvalue weighted by atomic mass is 9.99. The number of amides is 2. The predicted octanol–water partition coefficient (Wildman–Crippen LogP) is 2.89. The summed E-state index contributed by atoms with van der Waals surface area (Å²) >= 11 is 6.30. The lowest BCUT2D eigenvalue weighted by Gasteiger charge is -2.39. The zero-order valence-corrected chi connectivity index (χ0v) is 13.1. The highest BCUT2D eigenvalue weighted by molar-refractivity contribution is 6.31. The minimum atomic E-state index is 0.104. The molecule has 0 radical (unpaired) electrons. The van der Waals surface area contributed by atoms with Gasteiger partial charge in [0.25, 0.3) is 0 Å². The highest BCUT2D eigenvalue weighted by Crippen LogP contribution is 2.30. The van der Waals surface area contributed by atoms with Crippen LogP contribution in [-0.2, 0) is 0 Å². The predicted molar refractivity (Wildman–Crippen MR) is 84.6 cm³/mol. The minimum Gasteiger partial charge on any atom is -0.336 e. The first kappa shape index (κ1) is 14.7. The van der Waals surface area contributed by atoms with E-state index in [2.05, 4.69) is 23.2 Å². The molecule has 2 heterocycles. The summed E-state index contributed by atoms with van der Waals surface area (Å²) in [4.78, 5) is 16.2. The fourth-order valence-electron chi connectivity index (χ4n) is 3.43. The number of piperidine rings is 1. The Bertz CT molecular complexity index is 514. The normalized spacial score (nSPS) is 22.4. The van der Waals surface area contributed by atoms with Crippen LogP contribution in [0.25, 0.3) is 0 Å². The molecule has 1 aromatic rings. The highest BCUT2D eigenvalue weighted by Gasteiger charge is 2.32. The molecule has 4 nitrogen and oxygen atoms in total. The molecule has 21 heavy (non-hydrogen) atoms. The van der Waals surface area contributed by atoms with Crippen LogP contribution in [0.5, 0.6) is 0 Å². The van der Waals surface area contributed by atoms with Gasteiger partial charge in [0.15, 0.2) is 0 Å². The Labute approximate surface area is 131 Å². The molecule has 1 atom stereocenters. The van der Waals surface area contributed by atoms with Crippen LogP contribution < -0.4 is 5.32 Å². The smallest absolute Gasteiger partial charge is 0.317 e. The lowest BCUT2D eigenvalue weighted by molar-refractivity contribution is 0.112. The van der Waals surface area contributed by atoms with Crippen molar-refractivity contribution in [2.75, 3.05) is 26.2 Å². The van der Waals surface area contributed by atoms with Crippen LogP contribution >= 0.6 is 11.6 Å². The molecular formula is C16H22ClN3O. The zero-order valence-electron chi connectivity index (χ0n) is 12.4. The Hall–Kier alpha value is -1.26. The number of hydrogen-bond acceptors (Lipinski definition) is 2. The summed E-state index contributed by atoms with van der Waals surface area (Å²) in [7, 11) is 0. The van der Waals surface area contributed by atoms with Crippen molar-refractivity contribution in [3.05, 3.63) is 34.9 Å². The van der Waals surface area contributed by atoms with Crippen LogP contribution in [0.1, 0.15) is 31.4 Å². The second-order valence-corrected chi connectivity index (χ2v) is 6.30. The van der Waals surface area contributed by atoms with Crippen molar-refractivity contribution in [2.45, 2.75) is 31.8 Å². The van der Waals surface area contributed by atoms with Crippen LogP contribution in [0, 0.1) is 0 Å². The largest absolute Gasteiger partial charge is 0.336 e. The summed E-state index contributed by atoms with van der Waals surface area (Å²) < 4.78 is 0. The number of benzene rings is 1. The number of nitrogens with one attached hydrogen (secondary N) is 1. The van der Waals surface area contributed by atoms with Crippen LogP contribution in [0.15, 0.2) is 24.3 Å². The van der Waals surface area contributed by atoms with E-state index >= 15 is 0 Å². The third-order valence-corrected chi connectivity index (χ3v) is 5.08. The summed E-state index contributed by atoms with van der Waals surface area (Å²) in [6.07, 6.45) is 2.09. The van der Waals surface area contributed by atoms with Gasteiger partial charge in [-0.05, 0) is 31.4 Å². The number of nitrogens with zero attached hydrogens (tertiary/aromatic N) is 2. The molecule has 1 aromatic carbocycles. The summed E-state index contributed by atoms with van der Waals surface area (Å²) in [5.74, 6) is 0. The molecule has 0 saturated carbocycles. The Balaban J connectivity index is 1.60. The van der Waals surface area contributed by atoms with Gasteiger partial charge in [0, 0.05) is 43.3 Å². The molecule has 2 aliphatic rings. The van der Waals surface area contributed by atoms with Crippen molar-refractivity contribution in [2.24, 2.45) is 0 Å². The van der Waals surface area contributed by atoms with Gasteiger partial charge in [-0.2, -0.15) is 0 Å². The summed E-state index contributed by atoms with van der Waals surface area (Å²) in [6.45, 7) is 5.88. The van der Waals surface area contributed by atoms with Gasteiger partial charge in [0.2, 0.25) is 0 Å². The average Bonchev–Trinajstić information content (AvgIpc) is 2.93. The van der Waals surface area contributed by atoms with Gasteiger partial charge >= 0.3 is 6.03 Å². The Morgan fingerprint density at radius 3 is 2.57 bits per heavy atom. The monoisotopic (exact) mass is 307 g/mol. The SMILES string of the molecule is C[C@@H](c1ccccc1Cl)N1CCC(N2CCNC2=O)CC1. The van der Waals surface area contributed by atoms with E-state index in [0.29, 0.717) is 12.1 Å². The van der Waals surface area contributed by atoms with Crippen molar-refractivity contribution in [1.82, 2.24) is 15.1 Å². The summed E-state index contributed by atoms with van der Waals surface area (Å²) in [5, 5.41) is 3.73. The molecule has 1 N–H and O–H groups in total. The number of carbonyl (C=O) groups excluding carboxylic acids is 1. The number of urea groups is 1. The molecule has 0 aromatic heterocycles. The van der Waals surface area contributed by atoms with E-state index in [1.165, 1.54) is 5.56 Å². The van der Waals surface area contributed by atoms with Crippen molar-refractivity contribution in [3.63, 3.8) is 0 Å². The zero-order chi connectivity index (χ0) is 14.8. The van der Waals surface area contributed by atoms with E-state index in [1.807, 2.05) is 23.1 Å². The molecule has 2 amide bonds. The molecule has 0 unspecified atom stereocenters. The molecule has 2 fully saturated rings. The maximum Gasteiger partial charge on any atom is 0.317 e. The molecule has 0 aliphatic carbocycles. The number of hydrogen-bond donors (Lipinski definition) is 1. The maximum atomic E-state index is 11.7. The van der Waals surface area contributed by atoms with Gasteiger partial charge in [-0.3, -0.25) is 4.90 Å². The molecule has 2 aliphatic heterocycles. The number of carbonyl (C=O) groups is 1. The standard InChI is InChI=1S/C16H22ClN3O/c1-12(14-4-2-3-5-15(14)17)19-9-6-13(7-10-19)20-11-8-18-16(20)21/h2-5,12-13H,6-11H2,1H3,(H,18,21)/t12-/m0/s1. The van der Waals surface area contributed by atoms with Crippen LogP contribution in [-0.4, -0.2) is 48.1 Å². The topological polar surface area (TPSA) is 35.6 Å². The van der Waals surface area contributed by atoms with Gasteiger partial charge in [0.1, 0.15) is 0 Å². The molecule has 0 spiro atoms. The second kappa shape index (κ2) is 6.24. The van der Waals surface area contributed by atoms with E-state index in [0.717, 1.165) is 44.0 Å². The molecule has 114 valence electrons. The van der Waals surface area contributed by atoms with Gasteiger partial charge in [-0.15, -0.1) is 0 Å². The van der Waals surface area contributed by atoms with E-state index in [9.17, 15) is 4.79 Å². The van der Waals surface area contributed by atoms with E-state index < -0.39 is 0 Å². The lowest BCUT2D eigenvalue weighted by Crippen LogP contribution is -2.46. The van der Waals surface area contributed by atoms with Crippen molar-refractivity contribution < 1.29 is 4.79 Å². The number of rotatable bonds is 3. The van der Waals surface area contributed by atoms with Crippen LogP contribution in [0.4, 0.5) is 4.79 Å². The van der Waals surface area contributed by atoms with Gasteiger partial charge in [-0.1, -0.05) is 29.8 Å². The number of likely N-dealkylation sites (tertiary alicyclic amines) is 1. The Kier molecular flexibility index (Phi) is 4.36. The fraction of sp³-hybridized carbons (Fsp3) is 0.562. The quantitative estimate of drug-likeness (QED) is 0.932. The van der Waals surface area contributed by atoms with Crippen molar-refractivity contribution >= 4 is 17.6 Å². The third kappa shape index (κ3) is 3.01. The summed E-state index contributed by atoms with van der Waals surface area (Å²) in [6, 6.07) is 8.89. The van der Waals surface area contributed by atoms with Gasteiger partial charge < -0.3 is 10.2 Å². The van der Waals surface area contributed by atoms with Gasteiger partial charge in [-0.25, -0.2) is 4.79 Å². The Morgan fingerprint density at radius 2 is 1.95 bits per heavy atom. The van der Waals surface area contributed by atoms with Crippen molar-refractivity contribution in [3.8, 4) is 0 Å². The van der Waals surface area contributed by atoms with Crippen molar-refractivity contribution in [1.29, 1.82) is 0 Å². The van der Waals surface area contributed by atoms with E-state index in [1.54, 1.807) is 0 Å². The van der Waals surface area contributed by atoms with Gasteiger partial charge in [0.05, 0.1) is 0 Å². The van der Waals surface area contributed by atoms with Crippen LogP contribution in [0.3, 0.4) is 0 Å². The molecular weight excluding hydrogens is 286 g/mol. The van der Waals surface area contributed by atoms with E-state index in [4.69, 9.17) is 11.6 Å². The molecule has 2 saturated heterocycles. The summed E-state index contributed by atoms with van der Waals surface area (Å²) in [5.41, 5.74) is 1.19. The first-order valence-electron chi connectivity index (χ1n) is 7.70. The number of halogens is 1.